The van der Waals surface area contributed by atoms with E-state index in [0.717, 1.165) is 12.1 Å². The molecule has 0 bridgehead atoms. The maximum absolute atomic E-state index is 13.5. The lowest BCUT2D eigenvalue weighted by Crippen LogP contribution is -2.42. The third kappa shape index (κ3) is 3.24. The van der Waals surface area contributed by atoms with E-state index in [1.807, 2.05) is 0 Å². The molecule has 2 rings (SSSR count). The number of hydrogen-bond donors (Lipinski definition) is 3. The zero-order chi connectivity index (χ0) is 14.7. The van der Waals surface area contributed by atoms with E-state index in [0.29, 0.717) is 25.9 Å². The number of piperidine rings is 1. The molecule has 1 aliphatic rings. The van der Waals surface area contributed by atoms with Crippen molar-refractivity contribution in [2.24, 2.45) is 0 Å². The Morgan fingerprint density at radius 3 is 2.50 bits per heavy atom. The summed E-state index contributed by atoms with van der Waals surface area (Å²) in [5, 5.41) is 20.6. The number of aromatic carboxylic acids is 1. The van der Waals surface area contributed by atoms with Crippen molar-refractivity contribution in [1.29, 1.82) is 0 Å². The van der Waals surface area contributed by atoms with Gasteiger partial charge in [-0.05, 0) is 31.0 Å². The van der Waals surface area contributed by atoms with Crippen LogP contribution in [-0.2, 0) is 0 Å². The Morgan fingerprint density at radius 1 is 1.30 bits per heavy atom. The van der Waals surface area contributed by atoms with Gasteiger partial charge in [0.2, 0.25) is 0 Å². The fourth-order valence-corrected chi connectivity index (χ4v) is 2.04. The number of aliphatic hydroxyl groups excluding tert-OH is 1. The van der Waals surface area contributed by atoms with Crippen LogP contribution < -0.4 is 5.32 Å². The lowest BCUT2D eigenvalue weighted by Gasteiger charge is -2.29. The number of aliphatic hydroxyl groups is 1. The molecule has 1 saturated heterocycles. The fraction of sp³-hybridized carbons (Fsp3) is 0.385. The first-order valence-electron chi connectivity index (χ1n) is 6.24. The lowest BCUT2D eigenvalue weighted by atomic mass is 10.1. The first kappa shape index (κ1) is 14.3. The van der Waals surface area contributed by atoms with E-state index in [1.54, 1.807) is 0 Å². The van der Waals surface area contributed by atoms with Gasteiger partial charge in [-0.25, -0.2) is 14.0 Å². The van der Waals surface area contributed by atoms with Crippen LogP contribution in [0.4, 0.5) is 14.9 Å². The van der Waals surface area contributed by atoms with Crippen LogP contribution in [0.3, 0.4) is 0 Å². The number of nitrogens with one attached hydrogen (secondary N) is 1. The largest absolute Gasteiger partial charge is 0.478 e. The number of amides is 2. The molecule has 2 amide bonds. The van der Waals surface area contributed by atoms with Crippen molar-refractivity contribution < 1.29 is 24.2 Å². The quantitative estimate of drug-likeness (QED) is 0.767. The molecule has 0 aromatic heterocycles. The molecule has 20 heavy (non-hydrogen) atoms. The number of hydrogen-bond acceptors (Lipinski definition) is 3. The van der Waals surface area contributed by atoms with Crippen LogP contribution >= 0.6 is 0 Å². The van der Waals surface area contributed by atoms with Crippen LogP contribution in [0, 0.1) is 5.82 Å². The summed E-state index contributed by atoms with van der Waals surface area (Å²) >= 11 is 0. The van der Waals surface area contributed by atoms with Gasteiger partial charge in [0, 0.05) is 18.8 Å². The van der Waals surface area contributed by atoms with E-state index in [-0.39, 0.29) is 17.8 Å². The zero-order valence-corrected chi connectivity index (χ0v) is 10.7. The molecule has 0 aliphatic carbocycles. The van der Waals surface area contributed by atoms with Crippen molar-refractivity contribution in [3.8, 4) is 0 Å². The number of anilines is 1. The monoisotopic (exact) mass is 282 g/mol. The number of carboxylic acids is 1. The van der Waals surface area contributed by atoms with Crippen LogP contribution in [0.5, 0.6) is 0 Å². The van der Waals surface area contributed by atoms with Gasteiger partial charge in [-0.1, -0.05) is 0 Å². The summed E-state index contributed by atoms with van der Waals surface area (Å²) in [6.45, 7) is 0.866. The van der Waals surface area contributed by atoms with Crippen LogP contribution in [-0.4, -0.2) is 46.3 Å². The van der Waals surface area contributed by atoms with Crippen molar-refractivity contribution in [3.05, 3.63) is 29.6 Å². The first-order chi connectivity index (χ1) is 9.47. The number of halogens is 1. The number of benzene rings is 1. The van der Waals surface area contributed by atoms with E-state index >= 15 is 0 Å². The molecule has 0 spiro atoms. The molecule has 6 nitrogen and oxygen atoms in total. The van der Waals surface area contributed by atoms with Gasteiger partial charge >= 0.3 is 12.0 Å². The molecule has 0 atom stereocenters. The van der Waals surface area contributed by atoms with Crippen LogP contribution in [0.15, 0.2) is 18.2 Å². The second-order valence-corrected chi connectivity index (χ2v) is 4.65. The summed E-state index contributed by atoms with van der Waals surface area (Å²) in [5.41, 5.74) is -0.243. The van der Waals surface area contributed by atoms with Crippen molar-refractivity contribution >= 4 is 17.7 Å². The SMILES string of the molecule is O=C(O)c1ccc(NC(=O)N2CCC(O)CC2)cc1F. The van der Waals surface area contributed by atoms with E-state index in [4.69, 9.17) is 5.11 Å². The van der Waals surface area contributed by atoms with E-state index < -0.39 is 17.3 Å². The normalized spacial score (nSPS) is 16.0. The third-order valence-corrected chi connectivity index (χ3v) is 3.20. The smallest absolute Gasteiger partial charge is 0.338 e. The maximum Gasteiger partial charge on any atom is 0.338 e. The molecule has 1 heterocycles. The minimum absolute atomic E-state index is 0.198. The van der Waals surface area contributed by atoms with Gasteiger partial charge in [0.15, 0.2) is 0 Å². The Labute approximate surface area is 114 Å². The highest BCUT2D eigenvalue weighted by Gasteiger charge is 2.21. The summed E-state index contributed by atoms with van der Waals surface area (Å²) in [6.07, 6.45) is 0.644. The van der Waals surface area contributed by atoms with Crippen molar-refractivity contribution in [1.82, 2.24) is 4.90 Å². The number of carbonyl (C=O) groups is 2. The second-order valence-electron chi connectivity index (χ2n) is 4.65. The topological polar surface area (TPSA) is 89.9 Å². The summed E-state index contributed by atoms with van der Waals surface area (Å²) in [4.78, 5) is 24.1. The second kappa shape index (κ2) is 5.87. The summed E-state index contributed by atoms with van der Waals surface area (Å²) in [7, 11) is 0. The molecule has 1 aliphatic heterocycles. The van der Waals surface area contributed by atoms with Gasteiger partial charge in [-0.3, -0.25) is 0 Å². The minimum atomic E-state index is -1.36. The van der Waals surface area contributed by atoms with E-state index in [1.165, 1.54) is 11.0 Å². The van der Waals surface area contributed by atoms with E-state index in [2.05, 4.69) is 5.32 Å². The van der Waals surface area contributed by atoms with Crippen molar-refractivity contribution in [2.45, 2.75) is 18.9 Å². The predicted molar refractivity (Wildman–Crippen MR) is 69.2 cm³/mol. The molecule has 3 N–H and O–H groups in total. The highest BCUT2D eigenvalue weighted by atomic mass is 19.1. The maximum atomic E-state index is 13.5. The highest BCUT2D eigenvalue weighted by Crippen LogP contribution is 2.16. The van der Waals surface area contributed by atoms with Crippen LogP contribution in [0.1, 0.15) is 23.2 Å². The first-order valence-corrected chi connectivity index (χ1v) is 6.24. The molecule has 0 unspecified atom stereocenters. The molecule has 108 valence electrons. The molecule has 7 heteroatoms. The van der Waals surface area contributed by atoms with Crippen molar-refractivity contribution in [3.63, 3.8) is 0 Å². The van der Waals surface area contributed by atoms with Crippen LogP contribution in [0.2, 0.25) is 0 Å². The summed E-state index contributed by atoms with van der Waals surface area (Å²) in [6, 6.07) is 3.02. The molecule has 1 fully saturated rings. The number of urea groups is 1. The fourth-order valence-electron chi connectivity index (χ4n) is 2.04. The van der Waals surface area contributed by atoms with Gasteiger partial charge in [0.25, 0.3) is 0 Å². The zero-order valence-electron chi connectivity index (χ0n) is 10.7. The molecule has 1 aromatic rings. The standard InChI is InChI=1S/C13H15FN2O4/c14-11-7-8(1-2-10(11)12(18)19)15-13(20)16-5-3-9(17)4-6-16/h1-2,7,9,17H,3-6H2,(H,15,20)(H,18,19). The number of nitrogens with zero attached hydrogens (tertiary/aromatic N) is 1. The Bertz CT molecular complexity index is 527. The van der Waals surface area contributed by atoms with Gasteiger partial charge < -0.3 is 20.4 Å². The van der Waals surface area contributed by atoms with Crippen molar-refractivity contribution in [2.75, 3.05) is 18.4 Å². The summed E-state index contributed by atoms with van der Waals surface area (Å²) in [5.74, 6) is -2.25. The van der Waals surface area contributed by atoms with Gasteiger partial charge in [0.1, 0.15) is 5.82 Å². The molecule has 0 radical (unpaired) electrons. The Balaban J connectivity index is 2.01. The predicted octanol–water partition coefficient (Wildman–Crippen LogP) is 1.51. The average Bonchev–Trinajstić information content (AvgIpc) is 2.39. The van der Waals surface area contributed by atoms with Crippen LogP contribution in [0.25, 0.3) is 0 Å². The molecule has 0 saturated carbocycles. The molecular formula is C13H15FN2O4. The third-order valence-electron chi connectivity index (χ3n) is 3.20. The highest BCUT2D eigenvalue weighted by molar-refractivity contribution is 5.91. The average molecular weight is 282 g/mol. The lowest BCUT2D eigenvalue weighted by molar-refractivity contribution is 0.0692. The van der Waals surface area contributed by atoms with Gasteiger partial charge in [-0.2, -0.15) is 0 Å². The minimum Gasteiger partial charge on any atom is -0.478 e. The molecule has 1 aromatic carbocycles. The number of rotatable bonds is 2. The van der Waals surface area contributed by atoms with Gasteiger partial charge in [-0.15, -0.1) is 0 Å². The Hall–Kier alpha value is -2.15. The molecular weight excluding hydrogens is 267 g/mol. The Kier molecular flexibility index (Phi) is 4.19. The number of carboxylic acid groups (broad SMARTS) is 1. The van der Waals surface area contributed by atoms with E-state index in [9.17, 15) is 19.1 Å². The Morgan fingerprint density at radius 2 is 1.95 bits per heavy atom. The number of likely N-dealkylation sites (tertiary alicyclic amines) is 1. The van der Waals surface area contributed by atoms with Gasteiger partial charge in [0.05, 0.1) is 11.7 Å². The summed E-state index contributed by atoms with van der Waals surface area (Å²) < 4.78 is 13.5. The number of carbonyl (C=O) groups excluding carboxylic acids is 1.